The van der Waals surface area contributed by atoms with Gasteiger partial charge in [0.1, 0.15) is 0 Å². The number of hydrogen-bond acceptors (Lipinski definition) is 4. The van der Waals surface area contributed by atoms with Crippen LogP contribution in [0.2, 0.25) is 0 Å². The van der Waals surface area contributed by atoms with Gasteiger partial charge in [0.2, 0.25) is 5.91 Å². The fourth-order valence-corrected chi connectivity index (χ4v) is 2.88. The summed E-state index contributed by atoms with van der Waals surface area (Å²) >= 11 is 0. The van der Waals surface area contributed by atoms with Crippen molar-refractivity contribution in [2.24, 2.45) is 5.92 Å². The highest BCUT2D eigenvalue weighted by Gasteiger charge is 2.36. The quantitative estimate of drug-likeness (QED) is 0.554. The number of carbonyl (C=O) groups excluding carboxylic acids is 3. The zero-order chi connectivity index (χ0) is 19.3. The van der Waals surface area contributed by atoms with Crippen molar-refractivity contribution in [3.63, 3.8) is 0 Å². The minimum atomic E-state index is -0.548. The number of ether oxygens (including phenoxy) is 1. The van der Waals surface area contributed by atoms with E-state index in [-0.39, 0.29) is 31.4 Å². The van der Waals surface area contributed by atoms with Gasteiger partial charge in [-0.25, -0.2) is 0 Å². The summed E-state index contributed by atoms with van der Waals surface area (Å²) in [6.45, 7) is 10.4. The second-order valence-corrected chi connectivity index (χ2v) is 6.71. The van der Waals surface area contributed by atoms with E-state index in [0.717, 1.165) is 16.8 Å². The second kappa shape index (κ2) is 8.65. The molecule has 1 fully saturated rings. The van der Waals surface area contributed by atoms with E-state index in [9.17, 15) is 14.4 Å². The Kier molecular flexibility index (Phi) is 6.55. The Hall–Kier alpha value is -2.63. The van der Waals surface area contributed by atoms with Gasteiger partial charge in [-0.05, 0) is 32.9 Å². The molecular formula is C20H26N2O4. The Bertz CT molecular complexity index is 696. The van der Waals surface area contributed by atoms with E-state index in [1.54, 1.807) is 9.80 Å². The van der Waals surface area contributed by atoms with Gasteiger partial charge in [-0.15, -0.1) is 0 Å². The molecule has 1 aromatic rings. The highest BCUT2D eigenvalue weighted by molar-refractivity contribution is 5.99. The van der Waals surface area contributed by atoms with E-state index in [4.69, 9.17) is 4.74 Å². The molecule has 1 atom stereocenters. The van der Waals surface area contributed by atoms with Crippen LogP contribution in [-0.2, 0) is 19.1 Å². The molecule has 0 spiro atoms. The smallest absolute Gasteiger partial charge is 0.311 e. The molecule has 6 heteroatoms. The number of rotatable bonds is 7. The van der Waals surface area contributed by atoms with Gasteiger partial charge in [-0.2, -0.15) is 0 Å². The third-order valence-electron chi connectivity index (χ3n) is 4.34. The molecule has 1 unspecified atom stereocenters. The summed E-state index contributed by atoms with van der Waals surface area (Å²) in [6, 6.07) is 7.57. The lowest BCUT2D eigenvalue weighted by Gasteiger charge is -2.21. The normalized spacial score (nSPS) is 16.5. The average molecular weight is 358 g/mol. The highest BCUT2D eigenvalue weighted by Crippen LogP contribution is 2.26. The first kappa shape index (κ1) is 19.7. The summed E-state index contributed by atoms with van der Waals surface area (Å²) in [4.78, 5) is 39.8. The van der Waals surface area contributed by atoms with Gasteiger partial charge in [0.15, 0.2) is 6.61 Å². The summed E-state index contributed by atoms with van der Waals surface area (Å²) in [5.74, 6) is -1.43. The standard InChI is InChI=1S/C20H26N2O4/c1-5-21(11-14(2)3)19(24)13-26-20(25)16-10-18(23)22(12-16)17-8-6-15(4)7-9-17/h6-9,16H,2,5,10-13H2,1,3-4H3. The number of nitrogens with zero attached hydrogens (tertiary/aromatic N) is 2. The summed E-state index contributed by atoms with van der Waals surface area (Å²) in [5, 5.41) is 0. The number of likely N-dealkylation sites (N-methyl/N-ethyl adjacent to an activating group) is 1. The molecule has 0 radical (unpaired) electrons. The maximum atomic E-state index is 12.3. The molecule has 0 N–H and O–H groups in total. The predicted molar refractivity (Wildman–Crippen MR) is 99.7 cm³/mol. The van der Waals surface area contributed by atoms with Crippen LogP contribution in [-0.4, -0.2) is 48.9 Å². The number of hydrogen-bond donors (Lipinski definition) is 0. The average Bonchev–Trinajstić information content (AvgIpc) is 2.99. The first-order valence-electron chi connectivity index (χ1n) is 8.77. The topological polar surface area (TPSA) is 66.9 Å². The summed E-state index contributed by atoms with van der Waals surface area (Å²) in [7, 11) is 0. The minimum absolute atomic E-state index is 0.101. The molecule has 0 bridgehead atoms. The zero-order valence-corrected chi connectivity index (χ0v) is 15.7. The molecule has 0 aromatic heterocycles. The third kappa shape index (κ3) is 4.94. The largest absolute Gasteiger partial charge is 0.455 e. The molecule has 0 saturated carbocycles. The second-order valence-electron chi connectivity index (χ2n) is 6.71. The van der Waals surface area contributed by atoms with E-state index in [2.05, 4.69) is 6.58 Å². The van der Waals surface area contributed by atoms with Crippen molar-refractivity contribution < 1.29 is 19.1 Å². The van der Waals surface area contributed by atoms with E-state index < -0.39 is 11.9 Å². The molecule has 0 aliphatic carbocycles. The van der Waals surface area contributed by atoms with Gasteiger partial charge in [-0.3, -0.25) is 14.4 Å². The number of carbonyl (C=O) groups is 3. The van der Waals surface area contributed by atoms with Crippen molar-refractivity contribution in [3.8, 4) is 0 Å². The maximum absolute atomic E-state index is 12.3. The van der Waals surface area contributed by atoms with E-state index in [1.807, 2.05) is 45.0 Å². The lowest BCUT2D eigenvalue weighted by molar-refractivity contribution is -0.155. The van der Waals surface area contributed by atoms with Crippen LogP contribution in [0, 0.1) is 12.8 Å². The van der Waals surface area contributed by atoms with Crippen LogP contribution >= 0.6 is 0 Å². The SMILES string of the molecule is C=C(C)CN(CC)C(=O)COC(=O)C1CC(=O)N(c2ccc(C)cc2)C1. The Labute approximate surface area is 154 Å². The Morgan fingerprint density at radius 1 is 1.31 bits per heavy atom. The van der Waals surface area contributed by atoms with Gasteiger partial charge < -0.3 is 14.5 Å². The Morgan fingerprint density at radius 3 is 2.54 bits per heavy atom. The van der Waals surface area contributed by atoms with Crippen molar-refractivity contribution in [2.45, 2.75) is 27.2 Å². The molecule has 1 aliphatic rings. The molecule has 2 rings (SSSR count). The molecule has 1 aliphatic heterocycles. The van der Waals surface area contributed by atoms with Crippen molar-refractivity contribution in [1.29, 1.82) is 0 Å². The predicted octanol–water partition coefficient (Wildman–Crippen LogP) is 2.32. The van der Waals surface area contributed by atoms with Gasteiger partial charge in [0, 0.05) is 31.7 Å². The van der Waals surface area contributed by atoms with Crippen LogP contribution in [0.25, 0.3) is 0 Å². The van der Waals surface area contributed by atoms with Crippen LogP contribution in [0.1, 0.15) is 25.8 Å². The number of benzene rings is 1. The zero-order valence-electron chi connectivity index (χ0n) is 15.7. The van der Waals surface area contributed by atoms with E-state index in [0.29, 0.717) is 13.1 Å². The Morgan fingerprint density at radius 2 is 1.96 bits per heavy atom. The monoisotopic (exact) mass is 358 g/mol. The number of esters is 1. The lowest BCUT2D eigenvalue weighted by Crippen LogP contribution is -2.36. The molecule has 1 aromatic carbocycles. The van der Waals surface area contributed by atoms with Gasteiger partial charge in [-0.1, -0.05) is 29.8 Å². The van der Waals surface area contributed by atoms with Crippen molar-refractivity contribution in [2.75, 3.05) is 31.1 Å². The molecule has 1 heterocycles. The summed E-state index contributed by atoms with van der Waals surface area (Å²) < 4.78 is 5.17. The van der Waals surface area contributed by atoms with Gasteiger partial charge in [0.25, 0.3) is 5.91 Å². The van der Waals surface area contributed by atoms with Crippen molar-refractivity contribution in [1.82, 2.24) is 4.90 Å². The molecule has 2 amide bonds. The van der Waals surface area contributed by atoms with Crippen molar-refractivity contribution >= 4 is 23.5 Å². The van der Waals surface area contributed by atoms with E-state index >= 15 is 0 Å². The minimum Gasteiger partial charge on any atom is -0.455 e. The molecular weight excluding hydrogens is 332 g/mol. The Balaban J connectivity index is 1.90. The third-order valence-corrected chi connectivity index (χ3v) is 4.34. The maximum Gasteiger partial charge on any atom is 0.311 e. The van der Waals surface area contributed by atoms with Crippen LogP contribution in [0.15, 0.2) is 36.4 Å². The van der Waals surface area contributed by atoms with Crippen LogP contribution in [0.3, 0.4) is 0 Å². The fraction of sp³-hybridized carbons (Fsp3) is 0.450. The first-order chi connectivity index (χ1) is 12.3. The fourth-order valence-electron chi connectivity index (χ4n) is 2.88. The molecule has 6 nitrogen and oxygen atoms in total. The first-order valence-corrected chi connectivity index (χ1v) is 8.77. The van der Waals surface area contributed by atoms with Crippen LogP contribution in [0.5, 0.6) is 0 Å². The van der Waals surface area contributed by atoms with E-state index in [1.165, 1.54) is 0 Å². The van der Waals surface area contributed by atoms with Gasteiger partial charge in [0.05, 0.1) is 5.92 Å². The highest BCUT2D eigenvalue weighted by atomic mass is 16.5. The summed E-state index contributed by atoms with van der Waals surface area (Å²) in [6.07, 6.45) is 0.101. The van der Waals surface area contributed by atoms with Crippen molar-refractivity contribution in [3.05, 3.63) is 42.0 Å². The number of anilines is 1. The lowest BCUT2D eigenvalue weighted by atomic mass is 10.1. The molecule has 26 heavy (non-hydrogen) atoms. The van der Waals surface area contributed by atoms with Gasteiger partial charge >= 0.3 is 5.97 Å². The van der Waals surface area contributed by atoms with Crippen LogP contribution < -0.4 is 4.90 Å². The number of aryl methyl sites for hydroxylation is 1. The molecule has 140 valence electrons. The number of amides is 2. The summed E-state index contributed by atoms with van der Waals surface area (Å²) in [5.41, 5.74) is 2.73. The molecule has 1 saturated heterocycles. The van der Waals surface area contributed by atoms with Crippen LogP contribution in [0.4, 0.5) is 5.69 Å².